The van der Waals surface area contributed by atoms with Gasteiger partial charge in [-0.1, -0.05) is 0 Å². The molecule has 154 valence electrons. The molecule has 0 saturated carbocycles. The van der Waals surface area contributed by atoms with E-state index in [1.807, 2.05) is 0 Å². The Morgan fingerprint density at radius 3 is 1.65 bits per heavy atom. The van der Waals surface area contributed by atoms with Gasteiger partial charge in [-0.3, -0.25) is 0 Å². The Bertz CT molecular complexity index is 435. The van der Waals surface area contributed by atoms with E-state index in [0.717, 1.165) is 6.54 Å². The molecular formula is C22H46N4. The number of hydrogen-bond donors (Lipinski definition) is 3. The predicted octanol–water partition coefficient (Wildman–Crippen LogP) is 3.52. The zero-order valence-electron chi connectivity index (χ0n) is 19.1. The minimum Gasteiger partial charge on any atom is -0.314 e. The van der Waals surface area contributed by atoms with Gasteiger partial charge in [0.25, 0.3) is 0 Å². The molecule has 2 heterocycles. The third-order valence-corrected chi connectivity index (χ3v) is 6.10. The Kier molecular flexibility index (Phi) is 6.55. The van der Waals surface area contributed by atoms with Crippen LogP contribution in [0, 0.1) is 0 Å². The van der Waals surface area contributed by atoms with Crippen molar-refractivity contribution in [3.63, 3.8) is 0 Å². The zero-order valence-corrected chi connectivity index (χ0v) is 19.1. The van der Waals surface area contributed by atoms with E-state index in [4.69, 9.17) is 0 Å². The highest BCUT2D eigenvalue weighted by atomic mass is 15.2. The number of nitrogens with one attached hydrogen (secondary N) is 3. The largest absolute Gasteiger partial charge is 0.314 e. The standard InChI is InChI=1S/C22H46N4/c1-19(2)13-17(14-20(3,4)24-19)23-11-10-12-26(9)18-15-21(5,6)25-22(7,8)16-18/h17-18,23-25H,10-16H2,1-9H3. The normalized spacial score (nSPS) is 28.4. The maximum absolute atomic E-state index is 3.84. The highest BCUT2D eigenvalue weighted by molar-refractivity contribution is 5.00. The summed E-state index contributed by atoms with van der Waals surface area (Å²) in [5.74, 6) is 0. The molecule has 0 bridgehead atoms. The van der Waals surface area contributed by atoms with Gasteiger partial charge in [-0.2, -0.15) is 0 Å². The summed E-state index contributed by atoms with van der Waals surface area (Å²) in [6.45, 7) is 21.0. The molecule has 2 fully saturated rings. The second-order valence-corrected chi connectivity index (χ2v) is 11.7. The first-order valence-corrected chi connectivity index (χ1v) is 10.7. The number of hydrogen-bond acceptors (Lipinski definition) is 4. The molecule has 2 rings (SSSR count). The van der Waals surface area contributed by atoms with E-state index in [-0.39, 0.29) is 22.2 Å². The van der Waals surface area contributed by atoms with E-state index in [1.54, 1.807) is 0 Å². The monoisotopic (exact) mass is 366 g/mol. The Balaban J connectivity index is 1.75. The van der Waals surface area contributed by atoms with Gasteiger partial charge in [-0.15, -0.1) is 0 Å². The van der Waals surface area contributed by atoms with Crippen LogP contribution in [0.4, 0.5) is 0 Å². The molecule has 0 aromatic rings. The molecule has 0 aromatic heterocycles. The van der Waals surface area contributed by atoms with Crippen molar-refractivity contribution in [2.45, 2.75) is 122 Å². The first kappa shape index (κ1) is 22.1. The van der Waals surface area contributed by atoms with Crippen LogP contribution >= 0.6 is 0 Å². The van der Waals surface area contributed by atoms with E-state index in [9.17, 15) is 0 Å². The summed E-state index contributed by atoms with van der Waals surface area (Å²) in [6.07, 6.45) is 6.12. The van der Waals surface area contributed by atoms with E-state index < -0.39 is 0 Å². The van der Waals surface area contributed by atoms with Crippen LogP contribution in [-0.4, -0.2) is 59.3 Å². The molecule has 4 nitrogen and oxygen atoms in total. The number of nitrogens with zero attached hydrogens (tertiary/aromatic N) is 1. The maximum Gasteiger partial charge on any atom is 0.0145 e. The van der Waals surface area contributed by atoms with Crippen LogP contribution < -0.4 is 16.0 Å². The van der Waals surface area contributed by atoms with Crippen molar-refractivity contribution >= 4 is 0 Å². The molecule has 0 atom stereocenters. The highest BCUT2D eigenvalue weighted by Crippen LogP contribution is 2.31. The molecule has 0 unspecified atom stereocenters. The van der Waals surface area contributed by atoms with E-state index >= 15 is 0 Å². The minimum absolute atomic E-state index is 0.225. The second kappa shape index (κ2) is 7.69. The van der Waals surface area contributed by atoms with Crippen LogP contribution in [0.2, 0.25) is 0 Å². The summed E-state index contributed by atoms with van der Waals surface area (Å²) < 4.78 is 0. The molecular weight excluding hydrogens is 320 g/mol. The molecule has 0 radical (unpaired) electrons. The lowest BCUT2D eigenvalue weighted by molar-refractivity contribution is 0.0804. The topological polar surface area (TPSA) is 39.3 Å². The molecule has 26 heavy (non-hydrogen) atoms. The Labute approximate surface area is 163 Å². The number of piperidine rings is 2. The van der Waals surface area contributed by atoms with E-state index in [1.165, 1.54) is 38.6 Å². The summed E-state index contributed by atoms with van der Waals surface area (Å²) in [6, 6.07) is 1.31. The van der Waals surface area contributed by atoms with Crippen LogP contribution in [0.25, 0.3) is 0 Å². The second-order valence-electron chi connectivity index (χ2n) is 11.7. The van der Waals surface area contributed by atoms with E-state index in [0.29, 0.717) is 12.1 Å². The van der Waals surface area contributed by atoms with Gasteiger partial charge in [-0.05, 0) is 108 Å². The molecule has 0 amide bonds. The lowest BCUT2D eigenvalue weighted by Gasteiger charge is -2.49. The van der Waals surface area contributed by atoms with Gasteiger partial charge in [0.15, 0.2) is 0 Å². The molecule has 4 heteroatoms. The first-order valence-electron chi connectivity index (χ1n) is 10.7. The van der Waals surface area contributed by atoms with Crippen LogP contribution in [0.15, 0.2) is 0 Å². The van der Waals surface area contributed by atoms with Crippen molar-refractivity contribution in [1.82, 2.24) is 20.9 Å². The average molecular weight is 367 g/mol. The molecule has 3 N–H and O–H groups in total. The fraction of sp³-hybridized carbons (Fsp3) is 1.00. The van der Waals surface area contributed by atoms with Gasteiger partial charge in [0, 0.05) is 34.2 Å². The lowest BCUT2D eigenvalue weighted by Crippen LogP contribution is -2.62. The quantitative estimate of drug-likeness (QED) is 0.629. The Morgan fingerprint density at radius 1 is 0.769 bits per heavy atom. The maximum atomic E-state index is 3.84. The number of rotatable bonds is 6. The molecule has 2 aliphatic rings. The lowest BCUT2D eigenvalue weighted by atomic mass is 9.79. The third-order valence-electron chi connectivity index (χ3n) is 6.10. The van der Waals surface area contributed by atoms with Crippen molar-refractivity contribution in [3.05, 3.63) is 0 Å². The fourth-order valence-electron chi connectivity index (χ4n) is 5.86. The summed E-state index contributed by atoms with van der Waals surface area (Å²) in [4.78, 5) is 2.60. The zero-order chi connectivity index (χ0) is 19.8. The summed E-state index contributed by atoms with van der Waals surface area (Å²) >= 11 is 0. The van der Waals surface area contributed by atoms with Gasteiger partial charge < -0.3 is 20.9 Å². The van der Waals surface area contributed by atoms with E-state index in [2.05, 4.69) is 83.3 Å². The molecule has 2 aliphatic heterocycles. The van der Waals surface area contributed by atoms with Crippen LogP contribution in [0.1, 0.15) is 87.5 Å². The molecule has 0 aromatic carbocycles. The highest BCUT2D eigenvalue weighted by Gasteiger charge is 2.39. The first-order chi connectivity index (χ1) is 11.7. The van der Waals surface area contributed by atoms with Crippen molar-refractivity contribution in [2.24, 2.45) is 0 Å². The van der Waals surface area contributed by atoms with Crippen LogP contribution in [0.3, 0.4) is 0 Å². The SMILES string of the molecule is CN(CCCNC1CC(C)(C)NC(C)(C)C1)C1CC(C)(C)NC(C)(C)C1. The summed E-state index contributed by atoms with van der Waals surface area (Å²) in [5.41, 5.74) is 0.904. The van der Waals surface area contributed by atoms with Gasteiger partial charge >= 0.3 is 0 Å². The van der Waals surface area contributed by atoms with Crippen molar-refractivity contribution < 1.29 is 0 Å². The smallest absolute Gasteiger partial charge is 0.0145 e. The Morgan fingerprint density at radius 2 is 1.19 bits per heavy atom. The summed E-state index contributed by atoms with van der Waals surface area (Å²) in [7, 11) is 2.32. The third kappa shape index (κ3) is 6.78. The van der Waals surface area contributed by atoms with Crippen molar-refractivity contribution in [2.75, 3.05) is 20.1 Å². The fourth-order valence-corrected chi connectivity index (χ4v) is 5.86. The van der Waals surface area contributed by atoms with Gasteiger partial charge in [0.05, 0.1) is 0 Å². The van der Waals surface area contributed by atoms with Gasteiger partial charge in [-0.25, -0.2) is 0 Å². The van der Waals surface area contributed by atoms with Gasteiger partial charge in [0.1, 0.15) is 0 Å². The molecule has 2 saturated heterocycles. The molecule has 0 aliphatic carbocycles. The van der Waals surface area contributed by atoms with Crippen molar-refractivity contribution in [1.29, 1.82) is 0 Å². The van der Waals surface area contributed by atoms with Crippen LogP contribution in [-0.2, 0) is 0 Å². The summed E-state index contributed by atoms with van der Waals surface area (Å²) in [5, 5.41) is 11.4. The van der Waals surface area contributed by atoms with Gasteiger partial charge in [0.2, 0.25) is 0 Å². The Hall–Kier alpha value is -0.160. The minimum atomic E-state index is 0.225. The average Bonchev–Trinajstić information content (AvgIpc) is 2.36. The molecule has 0 spiro atoms. The predicted molar refractivity (Wildman–Crippen MR) is 114 cm³/mol. The van der Waals surface area contributed by atoms with Crippen molar-refractivity contribution in [3.8, 4) is 0 Å². The van der Waals surface area contributed by atoms with Crippen LogP contribution in [0.5, 0.6) is 0 Å².